The minimum atomic E-state index is -0.309. The Labute approximate surface area is 122 Å². The number of hydrogen-bond donors (Lipinski definition) is 1. The highest BCUT2D eigenvalue weighted by Crippen LogP contribution is 2.16. The van der Waals surface area contributed by atoms with Crippen LogP contribution < -0.4 is 10.9 Å². The van der Waals surface area contributed by atoms with Gasteiger partial charge in [-0.15, -0.1) is 0 Å². The van der Waals surface area contributed by atoms with Crippen LogP contribution in [-0.2, 0) is 17.8 Å². The van der Waals surface area contributed by atoms with Gasteiger partial charge < -0.3 is 9.88 Å². The third-order valence-electron chi connectivity index (χ3n) is 3.11. The van der Waals surface area contributed by atoms with Crippen molar-refractivity contribution in [3.05, 3.63) is 46.3 Å². The van der Waals surface area contributed by atoms with Crippen LogP contribution in [0.15, 0.2) is 29.3 Å². The number of hydrogen-bond acceptors (Lipinski definition) is 5. The molecular formula is C15H18N4O2. The number of anilines is 2. The molecule has 2 aromatic heterocycles. The highest BCUT2D eigenvalue weighted by molar-refractivity contribution is 5.75. The number of carbonyl (C=O) groups excluding carboxylic acids is 1. The van der Waals surface area contributed by atoms with Crippen molar-refractivity contribution >= 4 is 17.3 Å². The molecule has 2 rings (SSSR count). The van der Waals surface area contributed by atoms with E-state index in [0.717, 1.165) is 17.8 Å². The first kappa shape index (κ1) is 14.9. The molecule has 110 valence electrons. The molecule has 2 aromatic rings. The predicted octanol–water partition coefficient (Wildman–Crippen LogP) is 1.84. The number of carbonyl (C=O) groups is 1. The number of nitrogens with zero attached hydrogens (tertiary/aromatic N) is 3. The van der Waals surface area contributed by atoms with E-state index in [-0.39, 0.29) is 23.7 Å². The molecule has 0 atom stereocenters. The van der Waals surface area contributed by atoms with Crippen LogP contribution in [0.4, 0.5) is 11.5 Å². The number of aromatic nitrogens is 3. The molecule has 6 heteroatoms. The standard InChI is InChI=1S/C15H18N4O2/c1-4-12-13(6-5-7-16-12)18-14-15(21)19(9-11(3)20)10(2)8-17-14/h5-8H,4,9H2,1-3H3,(H,17,18). The molecule has 0 saturated carbocycles. The van der Waals surface area contributed by atoms with E-state index < -0.39 is 0 Å². The lowest BCUT2D eigenvalue weighted by Gasteiger charge is -2.12. The van der Waals surface area contributed by atoms with Crippen molar-refractivity contribution in [2.75, 3.05) is 5.32 Å². The maximum Gasteiger partial charge on any atom is 0.294 e. The van der Waals surface area contributed by atoms with Gasteiger partial charge in [-0.3, -0.25) is 14.6 Å². The summed E-state index contributed by atoms with van der Waals surface area (Å²) in [6.45, 7) is 5.25. The Kier molecular flexibility index (Phi) is 4.47. The van der Waals surface area contributed by atoms with Gasteiger partial charge in [0.1, 0.15) is 5.78 Å². The summed E-state index contributed by atoms with van der Waals surface area (Å²) in [6.07, 6.45) is 4.03. The van der Waals surface area contributed by atoms with Crippen LogP contribution in [0.2, 0.25) is 0 Å². The zero-order valence-electron chi connectivity index (χ0n) is 12.4. The molecule has 6 nitrogen and oxygen atoms in total. The van der Waals surface area contributed by atoms with Crippen LogP contribution in [0.1, 0.15) is 25.2 Å². The van der Waals surface area contributed by atoms with Crippen molar-refractivity contribution < 1.29 is 4.79 Å². The van der Waals surface area contributed by atoms with Crippen LogP contribution in [0.3, 0.4) is 0 Å². The molecule has 1 N–H and O–H groups in total. The molecule has 21 heavy (non-hydrogen) atoms. The van der Waals surface area contributed by atoms with Gasteiger partial charge in [-0.2, -0.15) is 0 Å². The van der Waals surface area contributed by atoms with Gasteiger partial charge in [-0.25, -0.2) is 4.98 Å². The van der Waals surface area contributed by atoms with Gasteiger partial charge in [0.25, 0.3) is 5.56 Å². The van der Waals surface area contributed by atoms with Gasteiger partial charge in [0, 0.05) is 18.1 Å². The van der Waals surface area contributed by atoms with Crippen LogP contribution >= 0.6 is 0 Å². The summed E-state index contributed by atoms with van der Waals surface area (Å²) in [5.41, 5.74) is 1.96. The highest BCUT2D eigenvalue weighted by Gasteiger charge is 2.11. The second-order valence-electron chi connectivity index (χ2n) is 4.82. The number of aryl methyl sites for hydroxylation is 2. The van der Waals surface area contributed by atoms with Gasteiger partial charge in [-0.05, 0) is 32.4 Å². The third kappa shape index (κ3) is 3.34. The lowest BCUT2D eigenvalue weighted by Crippen LogP contribution is -2.28. The van der Waals surface area contributed by atoms with E-state index in [2.05, 4.69) is 15.3 Å². The second kappa shape index (κ2) is 6.30. The molecule has 0 aliphatic carbocycles. The van der Waals surface area contributed by atoms with Crippen molar-refractivity contribution in [2.24, 2.45) is 0 Å². The number of ketones is 1. The van der Waals surface area contributed by atoms with E-state index >= 15 is 0 Å². The van der Waals surface area contributed by atoms with E-state index in [1.807, 2.05) is 13.0 Å². The Balaban J connectivity index is 2.41. The van der Waals surface area contributed by atoms with Crippen LogP contribution in [0.5, 0.6) is 0 Å². The molecule has 2 heterocycles. The van der Waals surface area contributed by atoms with Crippen LogP contribution in [0.25, 0.3) is 0 Å². The van der Waals surface area contributed by atoms with Crippen molar-refractivity contribution in [1.82, 2.24) is 14.5 Å². The average Bonchev–Trinajstić information content (AvgIpc) is 2.46. The van der Waals surface area contributed by atoms with Crippen molar-refractivity contribution in [3.63, 3.8) is 0 Å². The van der Waals surface area contributed by atoms with Gasteiger partial charge in [0.2, 0.25) is 0 Å². The first-order valence-corrected chi connectivity index (χ1v) is 6.79. The molecule has 0 aromatic carbocycles. The monoisotopic (exact) mass is 286 g/mol. The fourth-order valence-electron chi connectivity index (χ4n) is 2.04. The normalized spacial score (nSPS) is 10.4. The van der Waals surface area contributed by atoms with E-state index in [1.165, 1.54) is 11.5 Å². The first-order valence-electron chi connectivity index (χ1n) is 6.79. The Morgan fingerprint density at radius 2 is 2.14 bits per heavy atom. The Morgan fingerprint density at radius 3 is 2.81 bits per heavy atom. The second-order valence-corrected chi connectivity index (χ2v) is 4.82. The summed E-state index contributed by atoms with van der Waals surface area (Å²) in [5, 5.41) is 3.01. The average molecular weight is 286 g/mol. The molecule has 0 spiro atoms. The smallest absolute Gasteiger partial charge is 0.294 e. The number of rotatable bonds is 5. The van der Waals surface area contributed by atoms with Crippen LogP contribution in [-0.4, -0.2) is 20.3 Å². The van der Waals surface area contributed by atoms with Gasteiger partial charge in [-0.1, -0.05) is 6.92 Å². The molecule has 0 amide bonds. The van der Waals surface area contributed by atoms with Crippen molar-refractivity contribution in [2.45, 2.75) is 33.7 Å². The van der Waals surface area contributed by atoms with Gasteiger partial charge >= 0.3 is 0 Å². The molecular weight excluding hydrogens is 268 g/mol. The summed E-state index contributed by atoms with van der Waals surface area (Å²) in [4.78, 5) is 32.1. The minimum Gasteiger partial charge on any atom is -0.334 e. The maximum atomic E-state index is 12.4. The topological polar surface area (TPSA) is 76.9 Å². The molecule has 0 bridgehead atoms. The number of nitrogens with one attached hydrogen (secondary N) is 1. The summed E-state index contributed by atoms with van der Waals surface area (Å²) >= 11 is 0. The lowest BCUT2D eigenvalue weighted by molar-refractivity contribution is -0.117. The number of Topliss-reactive ketones (excluding diaryl/α,β-unsaturated/α-hetero) is 1. The maximum absolute atomic E-state index is 12.4. The molecule has 0 saturated heterocycles. The molecule has 0 radical (unpaired) electrons. The zero-order valence-corrected chi connectivity index (χ0v) is 12.4. The Hall–Kier alpha value is -2.50. The van der Waals surface area contributed by atoms with Gasteiger partial charge in [0.05, 0.1) is 17.9 Å². The van der Waals surface area contributed by atoms with E-state index in [0.29, 0.717) is 5.69 Å². The largest absolute Gasteiger partial charge is 0.334 e. The summed E-state index contributed by atoms with van der Waals surface area (Å²) in [7, 11) is 0. The van der Waals surface area contributed by atoms with E-state index in [4.69, 9.17) is 0 Å². The van der Waals surface area contributed by atoms with E-state index in [9.17, 15) is 9.59 Å². The molecule has 0 aliphatic heterocycles. The van der Waals surface area contributed by atoms with Gasteiger partial charge in [0.15, 0.2) is 5.82 Å². The Morgan fingerprint density at radius 1 is 1.38 bits per heavy atom. The van der Waals surface area contributed by atoms with E-state index in [1.54, 1.807) is 25.4 Å². The lowest BCUT2D eigenvalue weighted by atomic mass is 10.2. The van der Waals surface area contributed by atoms with Crippen LogP contribution in [0, 0.1) is 6.92 Å². The zero-order chi connectivity index (χ0) is 15.4. The summed E-state index contributed by atoms with van der Waals surface area (Å²) in [6, 6.07) is 3.64. The fourth-order valence-corrected chi connectivity index (χ4v) is 2.04. The summed E-state index contributed by atoms with van der Waals surface area (Å²) < 4.78 is 1.42. The SMILES string of the molecule is CCc1ncccc1Nc1ncc(C)n(CC(C)=O)c1=O. The molecule has 0 fully saturated rings. The summed E-state index contributed by atoms with van der Waals surface area (Å²) in [5.74, 6) is 0.123. The number of pyridine rings is 1. The predicted molar refractivity (Wildman–Crippen MR) is 80.8 cm³/mol. The Bertz CT molecular complexity index is 722. The quantitative estimate of drug-likeness (QED) is 0.907. The molecule has 0 aliphatic rings. The van der Waals surface area contributed by atoms with Crippen molar-refractivity contribution in [1.29, 1.82) is 0 Å². The van der Waals surface area contributed by atoms with Crippen molar-refractivity contribution in [3.8, 4) is 0 Å². The first-order chi connectivity index (χ1) is 10.0. The highest BCUT2D eigenvalue weighted by atomic mass is 16.1. The third-order valence-corrected chi connectivity index (χ3v) is 3.11. The molecule has 0 unspecified atom stereocenters. The fraction of sp³-hybridized carbons (Fsp3) is 0.333. The minimum absolute atomic E-state index is 0.0511.